The van der Waals surface area contributed by atoms with Crippen LogP contribution in [0, 0.1) is 17.0 Å². The number of carbonyl (C=O) groups is 1. The molecule has 8 nitrogen and oxygen atoms in total. The van der Waals surface area contributed by atoms with E-state index >= 15 is 0 Å². The Hall–Kier alpha value is -2.55. The molecule has 0 aliphatic heterocycles. The average molecular weight is 307 g/mol. The summed E-state index contributed by atoms with van der Waals surface area (Å²) in [5.74, 6) is -0.0520. The van der Waals surface area contributed by atoms with Crippen molar-refractivity contribution in [1.29, 1.82) is 0 Å². The molecular weight excluding hydrogens is 294 g/mol. The number of nitro groups is 1. The minimum absolute atomic E-state index is 0.0219. The highest BCUT2D eigenvalue weighted by Crippen LogP contribution is 2.24. The lowest BCUT2D eigenvalue weighted by Crippen LogP contribution is -2.14. The van der Waals surface area contributed by atoms with Gasteiger partial charge in [-0.1, -0.05) is 0 Å². The van der Waals surface area contributed by atoms with E-state index in [2.05, 4.69) is 20.0 Å². The smallest absolute Gasteiger partial charge is 0.282 e. The summed E-state index contributed by atoms with van der Waals surface area (Å²) in [6, 6.07) is 4.32. The quantitative estimate of drug-likeness (QED) is 0.648. The number of nitrogens with one attached hydrogen (secondary N) is 2. The van der Waals surface area contributed by atoms with Crippen molar-refractivity contribution in [3.05, 3.63) is 39.7 Å². The van der Waals surface area contributed by atoms with Crippen LogP contribution in [0.25, 0.3) is 0 Å². The molecule has 0 radical (unpaired) electrons. The second kappa shape index (κ2) is 6.27. The van der Waals surface area contributed by atoms with E-state index in [9.17, 15) is 14.9 Å². The summed E-state index contributed by atoms with van der Waals surface area (Å²) in [6.07, 6.45) is 0. The number of rotatable bonds is 5. The van der Waals surface area contributed by atoms with Crippen molar-refractivity contribution >= 4 is 33.9 Å². The van der Waals surface area contributed by atoms with Crippen LogP contribution in [0.15, 0.2) is 18.2 Å². The van der Waals surface area contributed by atoms with E-state index in [1.54, 1.807) is 13.0 Å². The van der Waals surface area contributed by atoms with Gasteiger partial charge >= 0.3 is 0 Å². The van der Waals surface area contributed by atoms with Gasteiger partial charge in [-0.25, -0.2) is 4.98 Å². The van der Waals surface area contributed by atoms with Crippen LogP contribution in [-0.4, -0.2) is 26.7 Å². The largest absolute Gasteiger partial charge is 0.385 e. The summed E-state index contributed by atoms with van der Waals surface area (Å²) in [4.78, 5) is 26.6. The number of anilines is 2. The molecule has 2 N–H and O–H groups in total. The van der Waals surface area contributed by atoms with Gasteiger partial charge in [-0.05, 0) is 26.0 Å². The lowest BCUT2D eigenvalue weighted by Gasteiger charge is -2.07. The number of hydrogen-bond donors (Lipinski definition) is 2. The zero-order chi connectivity index (χ0) is 15.4. The van der Waals surface area contributed by atoms with E-state index in [1.165, 1.54) is 12.1 Å². The van der Waals surface area contributed by atoms with Gasteiger partial charge in [0.25, 0.3) is 11.6 Å². The minimum Gasteiger partial charge on any atom is -0.385 e. The molecular formula is C12H13N5O3S. The van der Waals surface area contributed by atoms with Crippen LogP contribution >= 0.6 is 11.5 Å². The van der Waals surface area contributed by atoms with Gasteiger partial charge in [0.05, 0.1) is 4.92 Å². The van der Waals surface area contributed by atoms with E-state index in [1.807, 2.05) is 6.92 Å². The van der Waals surface area contributed by atoms with Gasteiger partial charge in [0.15, 0.2) is 0 Å². The highest BCUT2D eigenvalue weighted by Gasteiger charge is 2.21. The molecule has 0 spiro atoms. The maximum absolute atomic E-state index is 12.2. The van der Waals surface area contributed by atoms with E-state index < -0.39 is 10.8 Å². The predicted molar refractivity (Wildman–Crippen MR) is 79.9 cm³/mol. The van der Waals surface area contributed by atoms with Gasteiger partial charge in [0.2, 0.25) is 5.13 Å². The molecule has 0 saturated carbocycles. The zero-order valence-corrected chi connectivity index (χ0v) is 12.2. The Morgan fingerprint density at radius 3 is 2.81 bits per heavy atom. The molecule has 21 heavy (non-hydrogen) atoms. The summed E-state index contributed by atoms with van der Waals surface area (Å²) in [5.41, 5.74) is 0.364. The molecule has 1 heterocycles. The lowest BCUT2D eigenvalue weighted by atomic mass is 10.1. The molecule has 9 heteroatoms. The highest BCUT2D eigenvalue weighted by atomic mass is 32.1. The van der Waals surface area contributed by atoms with Gasteiger partial charge in [0.1, 0.15) is 11.4 Å². The first-order valence-electron chi connectivity index (χ1n) is 6.15. The van der Waals surface area contributed by atoms with E-state index in [4.69, 9.17) is 0 Å². The second-order valence-corrected chi connectivity index (χ2v) is 4.87. The fraction of sp³-hybridized carbons (Fsp3) is 0.250. The summed E-state index contributed by atoms with van der Waals surface area (Å²) in [5, 5.41) is 16.9. The normalized spacial score (nSPS) is 10.2. The molecule has 0 atom stereocenters. The minimum atomic E-state index is -0.587. The lowest BCUT2D eigenvalue weighted by molar-refractivity contribution is -0.385. The number of hydrogen-bond acceptors (Lipinski definition) is 7. The molecule has 2 rings (SSSR count). The molecule has 2 aromatic rings. The first-order valence-corrected chi connectivity index (χ1v) is 6.92. The van der Waals surface area contributed by atoms with Crippen LogP contribution in [0.3, 0.4) is 0 Å². The zero-order valence-electron chi connectivity index (χ0n) is 11.4. The van der Waals surface area contributed by atoms with Crippen molar-refractivity contribution in [2.24, 2.45) is 0 Å². The first kappa shape index (κ1) is 14.9. The fourth-order valence-corrected chi connectivity index (χ4v) is 2.27. The Kier molecular flexibility index (Phi) is 4.43. The third-order valence-electron chi connectivity index (χ3n) is 2.57. The van der Waals surface area contributed by atoms with Crippen molar-refractivity contribution < 1.29 is 9.72 Å². The maximum Gasteiger partial charge on any atom is 0.282 e. The average Bonchev–Trinajstić information content (AvgIpc) is 2.84. The standard InChI is InChI=1S/C12H13N5O3S/c1-3-13-8-4-5-10(17(19)20)9(6-8)11(18)15-12-14-7(2)16-21-12/h4-6,13H,3H2,1-2H3,(H,14,15,16,18). The van der Waals surface area contributed by atoms with Crippen molar-refractivity contribution in [1.82, 2.24) is 9.36 Å². The van der Waals surface area contributed by atoms with Gasteiger partial charge in [-0.2, -0.15) is 4.37 Å². The van der Waals surface area contributed by atoms with Crippen molar-refractivity contribution in [2.45, 2.75) is 13.8 Å². The van der Waals surface area contributed by atoms with Crippen LogP contribution in [0.4, 0.5) is 16.5 Å². The Labute approximate surface area is 124 Å². The molecule has 0 unspecified atom stereocenters. The third-order valence-corrected chi connectivity index (χ3v) is 3.29. The first-order chi connectivity index (χ1) is 10.0. The number of nitro benzene ring substituents is 1. The molecule has 0 bridgehead atoms. The highest BCUT2D eigenvalue weighted by molar-refractivity contribution is 7.09. The van der Waals surface area contributed by atoms with E-state index in [-0.39, 0.29) is 11.3 Å². The number of carbonyl (C=O) groups excluding carboxylic acids is 1. The number of benzene rings is 1. The summed E-state index contributed by atoms with van der Waals surface area (Å²) < 4.78 is 3.94. The van der Waals surface area contributed by atoms with E-state index in [0.29, 0.717) is 23.2 Å². The number of nitrogens with zero attached hydrogens (tertiary/aromatic N) is 3. The summed E-state index contributed by atoms with van der Waals surface area (Å²) >= 11 is 1.02. The molecule has 1 aromatic carbocycles. The second-order valence-electron chi connectivity index (χ2n) is 4.12. The molecule has 0 aliphatic rings. The van der Waals surface area contributed by atoms with Gasteiger partial charge in [-0.3, -0.25) is 20.2 Å². The van der Waals surface area contributed by atoms with Crippen molar-refractivity contribution in [3.63, 3.8) is 0 Å². The van der Waals surface area contributed by atoms with E-state index in [0.717, 1.165) is 11.5 Å². The number of aromatic nitrogens is 2. The van der Waals surface area contributed by atoms with Crippen molar-refractivity contribution in [3.8, 4) is 0 Å². The maximum atomic E-state index is 12.2. The monoisotopic (exact) mass is 307 g/mol. The molecule has 0 saturated heterocycles. The van der Waals surface area contributed by atoms with Crippen LogP contribution in [-0.2, 0) is 0 Å². The Balaban J connectivity index is 2.32. The molecule has 0 aliphatic carbocycles. The fourth-order valence-electron chi connectivity index (χ4n) is 1.70. The van der Waals surface area contributed by atoms with Crippen LogP contribution < -0.4 is 10.6 Å². The van der Waals surface area contributed by atoms with Crippen molar-refractivity contribution in [2.75, 3.05) is 17.2 Å². The van der Waals surface area contributed by atoms with Crippen LogP contribution in [0.5, 0.6) is 0 Å². The Morgan fingerprint density at radius 2 is 2.24 bits per heavy atom. The van der Waals surface area contributed by atoms with Gasteiger partial charge in [0, 0.05) is 29.8 Å². The molecule has 1 amide bonds. The Bertz CT molecular complexity index is 685. The Morgan fingerprint density at radius 1 is 1.48 bits per heavy atom. The summed E-state index contributed by atoms with van der Waals surface area (Å²) in [6.45, 7) is 4.24. The summed E-state index contributed by atoms with van der Waals surface area (Å²) in [7, 11) is 0. The van der Waals surface area contributed by atoms with Crippen LogP contribution in [0.2, 0.25) is 0 Å². The van der Waals surface area contributed by atoms with Gasteiger partial charge < -0.3 is 5.32 Å². The molecule has 0 fully saturated rings. The molecule has 110 valence electrons. The number of aryl methyl sites for hydroxylation is 1. The third kappa shape index (κ3) is 3.51. The predicted octanol–water partition coefficient (Wildman–Crippen LogP) is 2.44. The van der Waals surface area contributed by atoms with Crippen LogP contribution in [0.1, 0.15) is 23.1 Å². The SMILES string of the molecule is CCNc1ccc([N+](=O)[O-])c(C(=O)Nc2nc(C)ns2)c1. The van der Waals surface area contributed by atoms with Gasteiger partial charge in [-0.15, -0.1) is 0 Å². The number of amides is 1. The topological polar surface area (TPSA) is 110 Å². The molecule has 1 aromatic heterocycles.